The summed E-state index contributed by atoms with van der Waals surface area (Å²) in [6.07, 6.45) is 0.750. The van der Waals surface area contributed by atoms with Gasteiger partial charge < -0.3 is 19.8 Å². The molecular weight excluding hydrogens is 230 g/mol. The van der Waals surface area contributed by atoms with Crippen molar-refractivity contribution < 1.29 is 9.47 Å². The van der Waals surface area contributed by atoms with Crippen LogP contribution in [0.4, 0.5) is 5.69 Å². The van der Waals surface area contributed by atoms with E-state index in [0.717, 1.165) is 6.42 Å². The molecule has 0 aromatic carbocycles. The monoisotopic (exact) mass is 251 g/mol. The van der Waals surface area contributed by atoms with E-state index >= 15 is 0 Å². The third-order valence-corrected chi connectivity index (χ3v) is 3.00. The molecule has 100 valence electrons. The fourth-order valence-electron chi connectivity index (χ4n) is 1.62. The van der Waals surface area contributed by atoms with E-state index in [2.05, 4.69) is 6.07 Å². The molecule has 1 aromatic rings. The minimum atomic E-state index is -0.226. The van der Waals surface area contributed by atoms with Crippen molar-refractivity contribution in [3.63, 3.8) is 0 Å². The highest BCUT2D eigenvalue weighted by atomic mass is 16.5. The fourth-order valence-corrected chi connectivity index (χ4v) is 1.62. The Hall–Kier alpha value is -1.67. The topological polar surface area (TPSA) is 73.2 Å². The minimum absolute atomic E-state index is 0.226. The maximum Gasteiger partial charge on any atom is 0.218 e. The van der Waals surface area contributed by atoms with Gasteiger partial charge in [-0.3, -0.25) is 0 Å². The van der Waals surface area contributed by atoms with E-state index in [1.807, 2.05) is 20.8 Å². The van der Waals surface area contributed by atoms with E-state index in [9.17, 15) is 0 Å². The van der Waals surface area contributed by atoms with Crippen LogP contribution in [0.25, 0.3) is 0 Å². The summed E-state index contributed by atoms with van der Waals surface area (Å²) in [5, 5.41) is 8.98. The Bertz CT molecular complexity index is 444. The van der Waals surface area contributed by atoms with Gasteiger partial charge in [0, 0.05) is 26.1 Å². The first-order valence-corrected chi connectivity index (χ1v) is 6.02. The lowest BCUT2D eigenvalue weighted by atomic mass is 10.1. The Labute approximate surface area is 108 Å². The predicted molar refractivity (Wildman–Crippen MR) is 70.4 cm³/mol. The third-order valence-electron chi connectivity index (χ3n) is 3.00. The lowest BCUT2D eigenvalue weighted by Crippen LogP contribution is -2.25. The predicted octanol–water partition coefficient (Wildman–Crippen LogP) is 2.16. The van der Waals surface area contributed by atoms with E-state index in [-0.39, 0.29) is 5.60 Å². The van der Waals surface area contributed by atoms with Gasteiger partial charge in [-0.2, -0.15) is 5.26 Å². The molecule has 0 unspecified atom stereocenters. The van der Waals surface area contributed by atoms with Crippen molar-refractivity contribution in [2.75, 3.05) is 19.5 Å². The number of aromatic nitrogens is 1. The minimum Gasteiger partial charge on any atom is -0.477 e. The number of hydrogen-bond donors (Lipinski definition) is 1. The van der Waals surface area contributed by atoms with E-state index in [1.54, 1.807) is 17.7 Å². The number of rotatable bonds is 6. The summed E-state index contributed by atoms with van der Waals surface area (Å²) in [5.74, 6) is 0.570. The number of ether oxygens (including phenoxy) is 2. The van der Waals surface area contributed by atoms with Crippen LogP contribution in [-0.2, 0) is 11.3 Å². The highest BCUT2D eigenvalue weighted by molar-refractivity contribution is 5.55. The summed E-state index contributed by atoms with van der Waals surface area (Å²) in [4.78, 5) is 0. The van der Waals surface area contributed by atoms with Crippen LogP contribution in [0.2, 0.25) is 0 Å². The quantitative estimate of drug-likeness (QED) is 0.840. The van der Waals surface area contributed by atoms with Crippen molar-refractivity contribution in [2.45, 2.75) is 39.3 Å². The van der Waals surface area contributed by atoms with Gasteiger partial charge >= 0.3 is 0 Å². The first-order valence-electron chi connectivity index (χ1n) is 6.02. The van der Waals surface area contributed by atoms with E-state index in [1.165, 1.54) is 0 Å². The smallest absolute Gasteiger partial charge is 0.218 e. The molecule has 0 aliphatic heterocycles. The van der Waals surface area contributed by atoms with E-state index in [0.29, 0.717) is 30.4 Å². The van der Waals surface area contributed by atoms with Crippen LogP contribution in [-0.4, -0.2) is 23.9 Å². The fraction of sp³-hybridized carbons (Fsp3) is 0.615. The molecule has 5 nitrogen and oxygen atoms in total. The molecule has 0 fully saturated rings. The maximum absolute atomic E-state index is 8.98. The van der Waals surface area contributed by atoms with Gasteiger partial charge in [-0.25, -0.2) is 0 Å². The normalized spacial score (nSPS) is 11.3. The largest absolute Gasteiger partial charge is 0.477 e. The number of nitrogens with two attached hydrogens (primary N) is 1. The van der Waals surface area contributed by atoms with Crippen molar-refractivity contribution in [3.8, 4) is 11.9 Å². The molecule has 0 bridgehead atoms. The Kier molecular flexibility index (Phi) is 4.62. The molecule has 0 spiro atoms. The summed E-state index contributed by atoms with van der Waals surface area (Å²) in [7, 11) is 1.68. The lowest BCUT2D eigenvalue weighted by molar-refractivity contribution is 0.00484. The summed E-state index contributed by atoms with van der Waals surface area (Å²) in [5.41, 5.74) is 6.65. The average Bonchev–Trinajstić information content (AvgIpc) is 2.65. The standard InChI is InChI=1S/C13H21N3O2/c1-5-16-10(9-14)8-11(15)12(16)18-7-6-13(2,3)17-4/h8H,5-7,15H2,1-4H3. The third kappa shape index (κ3) is 3.17. The van der Waals surface area contributed by atoms with Crippen molar-refractivity contribution >= 4 is 5.69 Å². The van der Waals surface area contributed by atoms with Crippen molar-refractivity contribution in [1.29, 1.82) is 5.26 Å². The molecule has 0 atom stereocenters. The molecule has 0 saturated heterocycles. The SMILES string of the molecule is CCn1c(C#N)cc(N)c1OCCC(C)(C)OC. The van der Waals surface area contributed by atoms with Crippen LogP contribution >= 0.6 is 0 Å². The van der Waals surface area contributed by atoms with Gasteiger partial charge in [0.1, 0.15) is 11.8 Å². The molecule has 5 heteroatoms. The number of nitrogen functional groups attached to an aromatic ring is 1. The molecule has 1 heterocycles. The Morgan fingerprint density at radius 2 is 2.17 bits per heavy atom. The van der Waals surface area contributed by atoms with E-state index in [4.69, 9.17) is 20.5 Å². The van der Waals surface area contributed by atoms with Crippen molar-refractivity contribution in [1.82, 2.24) is 4.57 Å². The average molecular weight is 251 g/mol. The highest BCUT2D eigenvalue weighted by Crippen LogP contribution is 2.27. The molecule has 1 aromatic heterocycles. The van der Waals surface area contributed by atoms with Gasteiger partial charge in [0.05, 0.1) is 17.9 Å². The zero-order valence-electron chi connectivity index (χ0n) is 11.5. The number of hydrogen-bond acceptors (Lipinski definition) is 4. The summed E-state index contributed by atoms with van der Waals surface area (Å²) in [6, 6.07) is 3.74. The van der Waals surface area contributed by atoms with Gasteiger partial charge in [0.25, 0.3) is 0 Å². The molecule has 2 N–H and O–H groups in total. The molecule has 0 aliphatic carbocycles. The van der Waals surface area contributed by atoms with Crippen molar-refractivity contribution in [3.05, 3.63) is 11.8 Å². The molecule has 0 radical (unpaired) electrons. The van der Waals surface area contributed by atoms with Crippen LogP contribution in [0.5, 0.6) is 5.88 Å². The van der Waals surface area contributed by atoms with Gasteiger partial charge in [-0.05, 0) is 20.8 Å². The summed E-state index contributed by atoms with van der Waals surface area (Å²) in [6.45, 7) is 7.10. The van der Waals surface area contributed by atoms with Crippen LogP contribution < -0.4 is 10.5 Å². The molecule has 18 heavy (non-hydrogen) atoms. The van der Waals surface area contributed by atoms with E-state index < -0.39 is 0 Å². The molecule has 1 rings (SSSR count). The van der Waals surface area contributed by atoms with Gasteiger partial charge in [0.2, 0.25) is 5.88 Å². The lowest BCUT2D eigenvalue weighted by Gasteiger charge is -2.22. The number of nitriles is 1. The summed E-state index contributed by atoms with van der Waals surface area (Å²) < 4.78 is 12.8. The summed E-state index contributed by atoms with van der Waals surface area (Å²) >= 11 is 0. The second kappa shape index (κ2) is 5.78. The molecule has 0 aliphatic rings. The van der Waals surface area contributed by atoms with Crippen LogP contribution in [0.1, 0.15) is 32.9 Å². The number of methoxy groups -OCH3 is 1. The maximum atomic E-state index is 8.98. The number of nitrogens with zero attached hydrogens (tertiary/aromatic N) is 2. The van der Waals surface area contributed by atoms with Gasteiger partial charge in [-0.1, -0.05) is 0 Å². The number of anilines is 1. The Morgan fingerprint density at radius 1 is 1.50 bits per heavy atom. The second-order valence-corrected chi connectivity index (χ2v) is 4.71. The Morgan fingerprint density at radius 3 is 2.67 bits per heavy atom. The van der Waals surface area contributed by atoms with Crippen LogP contribution in [0.3, 0.4) is 0 Å². The van der Waals surface area contributed by atoms with Crippen LogP contribution in [0, 0.1) is 11.3 Å². The van der Waals surface area contributed by atoms with Gasteiger partial charge in [0.15, 0.2) is 0 Å². The van der Waals surface area contributed by atoms with Gasteiger partial charge in [-0.15, -0.1) is 0 Å². The van der Waals surface area contributed by atoms with Crippen LogP contribution in [0.15, 0.2) is 6.07 Å². The van der Waals surface area contributed by atoms with Crippen molar-refractivity contribution in [2.24, 2.45) is 0 Å². The first kappa shape index (κ1) is 14.4. The zero-order chi connectivity index (χ0) is 13.8. The first-order chi connectivity index (χ1) is 8.45. The zero-order valence-corrected chi connectivity index (χ0v) is 11.5. The molecule has 0 amide bonds. The second-order valence-electron chi connectivity index (χ2n) is 4.71. The Balaban J connectivity index is 2.74. The molecule has 0 saturated carbocycles. The molecular formula is C13H21N3O2. The highest BCUT2D eigenvalue weighted by Gasteiger charge is 2.18.